The van der Waals surface area contributed by atoms with Gasteiger partial charge in [-0.05, 0) is 74.7 Å². The first-order valence-electron chi connectivity index (χ1n) is 11.9. The monoisotopic (exact) mass is 662 g/mol. The number of fused-ring (bicyclic) bond motifs is 1. The molecular formula is C30H20Br2N2O6. The fraction of sp³-hybridized carbons (Fsp3) is 0.0667. The van der Waals surface area contributed by atoms with Crippen molar-refractivity contribution in [3.8, 4) is 5.75 Å². The number of urea groups is 1. The molecule has 0 atom stereocenters. The smallest absolute Gasteiger partial charge is 0.337 e. The van der Waals surface area contributed by atoms with E-state index in [0.29, 0.717) is 20.3 Å². The van der Waals surface area contributed by atoms with Gasteiger partial charge in [-0.2, -0.15) is 0 Å². The predicted octanol–water partition coefficient (Wildman–Crippen LogP) is 6.40. The number of hydrogen-bond acceptors (Lipinski definition) is 6. The lowest BCUT2D eigenvalue weighted by molar-refractivity contribution is -0.122. The van der Waals surface area contributed by atoms with Gasteiger partial charge in [-0.1, -0.05) is 58.4 Å². The maximum atomic E-state index is 13.5. The minimum atomic E-state index is -0.902. The number of methoxy groups -OCH3 is 1. The molecule has 0 saturated carbocycles. The number of ether oxygens (including phenoxy) is 2. The predicted molar refractivity (Wildman–Crippen MR) is 157 cm³/mol. The van der Waals surface area contributed by atoms with Gasteiger partial charge in [-0.15, -0.1) is 0 Å². The van der Waals surface area contributed by atoms with Crippen LogP contribution in [0.4, 0.5) is 10.5 Å². The largest absolute Gasteiger partial charge is 0.487 e. The van der Waals surface area contributed by atoms with Gasteiger partial charge < -0.3 is 9.47 Å². The molecule has 0 aromatic heterocycles. The van der Waals surface area contributed by atoms with Gasteiger partial charge in [-0.3, -0.25) is 14.9 Å². The van der Waals surface area contributed by atoms with Crippen LogP contribution in [0, 0.1) is 0 Å². The van der Waals surface area contributed by atoms with E-state index in [1.165, 1.54) is 37.5 Å². The zero-order chi connectivity index (χ0) is 28.4. The zero-order valence-corrected chi connectivity index (χ0v) is 24.1. The molecule has 1 saturated heterocycles. The summed E-state index contributed by atoms with van der Waals surface area (Å²) < 4.78 is 12.2. The molecule has 4 aromatic carbocycles. The van der Waals surface area contributed by atoms with E-state index in [9.17, 15) is 19.2 Å². The lowest BCUT2D eigenvalue weighted by Gasteiger charge is -2.26. The third-order valence-electron chi connectivity index (χ3n) is 6.24. The second-order valence-corrected chi connectivity index (χ2v) is 10.5. The van der Waals surface area contributed by atoms with E-state index in [1.807, 2.05) is 42.5 Å². The van der Waals surface area contributed by atoms with Crippen LogP contribution in [0.25, 0.3) is 16.8 Å². The number of benzene rings is 4. The topological polar surface area (TPSA) is 102 Å². The summed E-state index contributed by atoms with van der Waals surface area (Å²) >= 11 is 6.98. The molecule has 5 rings (SSSR count). The Labute approximate surface area is 245 Å². The molecule has 10 heteroatoms. The highest BCUT2D eigenvalue weighted by Gasteiger charge is 2.37. The fourth-order valence-electron chi connectivity index (χ4n) is 4.32. The number of nitrogens with one attached hydrogen (secondary N) is 1. The molecular weight excluding hydrogens is 644 g/mol. The zero-order valence-electron chi connectivity index (χ0n) is 20.9. The van der Waals surface area contributed by atoms with E-state index in [2.05, 4.69) is 41.9 Å². The molecule has 1 aliphatic rings. The molecule has 0 spiro atoms. The number of anilines is 1. The standard InChI is InChI=1S/C30H20Br2N2O6/c1-39-29(37)18-9-11-22(12-10-18)34-28(36)24(27(35)33-30(34)38)14-20-13-21(31)15-25(32)26(20)40-16-19-7-4-6-17-5-2-3-8-23(17)19/h2-15H,16H2,1H3,(H,33,35,38)/b24-14+. The first-order valence-corrected chi connectivity index (χ1v) is 13.5. The second kappa shape index (κ2) is 11.4. The van der Waals surface area contributed by atoms with Crippen molar-refractivity contribution in [2.45, 2.75) is 6.61 Å². The summed E-state index contributed by atoms with van der Waals surface area (Å²) in [5, 5.41) is 4.33. The summed E-state index contributed by atoms with van der Waals surface area (Å²) in [6, 6.07) is 22.2. The highest BCUT2D eigenvalue weighted by molar-refractivity contribution is 9.11. The lowest BCUT2D eigenvalue weighted by Crippen LogP contribution is -2.54. The number of rotatable bonds is 6. The normalized spacial score (nSPS) is 14.4. The fourth-order valence-corrected chi connectivity index (χ4v) is 5.69. The van der Waals surface area contributed by atoms with Crippen molar-refractivity contribution < 1.29 is 28.7 Å². The molecule has 4 aromatic rings. The maximum absolute atomic E-state index is 13.5. The number of esters is 1. The summed E-state index contributed by atoms with van der Waals surface area (Å²) in [5.74, 6) is -1.81. The Morgan fingerprint density at radius 2 is 1.68 bits per heavy atom. The highest BCUT2D eigenvalue weighted by atomic mass is 79.9. The second-order valence-electron chi connectivity index (χ2n) is 8.73. The molecule has 40 heavy (non-hydrogen) atoms. The molecule has 0 unspecified atom stereocenters. The Bertz CT molecular complexity index is 1710. The SMILES string of the molecule is COC(=O)c1ccc(N2C(=O)NC(=O)/C(=C\c3cc(Br)cc(Br)c3OCc3cccc4ccccc34)C2=O)cc1. The Balaban J connectivity index is 1.49. The Morgan fingerprint density at radius 3 is 2.42 bits per heavy atom. The van der Waals surface area contributed by atoms with Gasteiger partial charge in [-0.25, -0.2) is 14.5 Å². The number of amides is 4. The summed E-state index contributed by atoms with van der Waals surface area (Å²) in [7, 11) is 1.25. The van der Waals surface area contributed by atoms with Crippen molar-refractivity contribution in [3.63, 3.8) is 0 Å². The molecule has 1 aliphatic heterocycles. The Kier molecular flexibility index (Phi) is 7.81. The van der Waals surface area contributed by atoms with Crippen LogP contribution >= 0.6 is 31.9 Å². The minimum Gasteiger partial charge on any atom is -0.487 e. The third-order valence-corrected chi connectivity index (χ3v) is 7.28. The molecule has 0 aliphatic carbocycles. The number of imide groups is 2. The van der Waals surface area contributed by atoms with Crippen molar-refractivity contribution in [2.75, 3.05) is 12.0 Å². The van der Waals surface area contributed by atoms with Crippen molar-refractivity contribution >= 4 is 78.2 Å². The maximum Gasteiger partial charge on any atom is 0.337 e. The molecule has 8 nitrogen and oxygen atoms in total. The van der Waals surface area contributed by atoms with Crippen LogP contribution in [0.1, 0.15) is 21.5 Å². The summed E-state index contributed by atoms with van der Waals surface area (Å²) in [5.41, 5.74) is 1.56. The van der Waals surface area contributed by atoms with E-state index in [4.69, 9.17) is 4.74 Å². The number of carbonyl (C=O) groups excluding carboxylic acids is 4. The van der Waals surface area contributed by atoms with Crippen molar-refractivity contribution in [2.24, 2.45) is 0 Å². The molecule has 1 fully saturated rings. The van der Waals surface area contributed by atoms with Crippen molar-refractivity contribution in [1.29, 1.82) is 0 Å². The molecule has 0 radical (unpaired) electrons. The summed E-state index contributed by atoms with van der Waals surface area (Å²) in [4.78, 5) is 51.5. The van der Waals surface area contributed by atoms with Gasteiger partial charge >= 0.3 is 12.0 Å². The number of barbiturate groups is 1. The van der Waals surface area contributed by atoms with Crippen LogP contribution in [-0.2, 0) is 20.9 Å². The van der Waals surface area contributed by atoms with Crippen LogP contribution in [0.3, 0.4) is 0 Å². The van der Waals surface area contributed by atoms with Crippen LogP contribution < -0.4 is 15.0 Å². The number of carbonyl (C=O) groups is 4. The number of nitrogens with zero attached hydrogens (tertiary/aromatic N) is 1. The average Bonchev–Trinajstić information content (AvgIpc) is 2.94. The first-order chi connectivity index (χ1) is 19.3. The van der Waals surface area contributed by atoms with E-state index in [0.717, 1.165) is 21.2 Å². The summed E-state index contributed by atoms with van der Waals surface area (Å²) in [6.07, 6.45) is 1.38. The molecule has 200 valence electrons. The van der Waals surface area contributed by atoms with Crippen LogP contribution in [-0.4, -0.2) is 30.9 Å². The van der Waals surface area contributed by atoms with E-state index < -0.39 is 23.8 Å². The van der Waals surface area contributed by atoms with Crippen molar-refractivity contribution in [3.05, 3.63) is 110 Å². The van der Waals surface area contributed by atoms with Gasteiger partial charge in [0.2, 0.25) is 0 Å². The van der Waals surface area contributed by atoms with Gasteiger partial charge in [0.15, 0.2) is 0 Å². The molecule has 1 heterocycles. The molecule has 0 bridgehead atoms. The van der Waals surface area contributed by atoms with Crippen LogP contribution in [0.5, 0.6) is 5.75 Å². The number of halogens is 2. The lowest BCUT2D eigenvalue weighted by atomic mass is 10.0. The quantitative estimate of drug-likeness (QED) is 0.146. The highest BCUT2D eigenvalue weighted by Crippen LogP contribution is 2.36. The first kappa shape index (κ1) is 27.3. The van der Waals surface area contributed by atoms with Crippen LogP contribution in [0.15, 0.2) is 93.4 Å². The van der Waals surface area contributed by atoms with Gasteiger partial charge in [0.25, 0.3) is 11.8 Å². The average molecular weight is 664 g/mol. The van der Waals surface area contributed by atoms with Gasteiger partial charge in [0, 0.05) is 10.0 Å². The molecule has 1 N–H and O–H groups in total. The third kappa shape index (κ3) is 5.41. The summed E-state index contributed by atoms with van der Waals surface area (Å²) in [6.45, 7) is 0.231. The Hall–Kier alpha value is -4.28. The molecule has 4 amide bonds. The van der Waals surface area contributed by atoms with E-state index >= 15 is 0 Å². The van der Waals surface area contributed by atoms with E-state index in [-0.39, 0.29) is 23.4 Å². The van der Waals surface area contributed by atoms with Gasteiger partial charge in [0.1, 0.15) is 17.9 Å². The minimum absolute atomic E-state index is 0.177. The van der Waals surface area contributed by atoms with Gasteiger partial charge in [0.05, 0.1) is 22.8 Å². The van der Waals surface area contributed by atoms with Crippen LogP contribution in [0.2, 0.25) is 0 Å². The van der Waals surface area contributed by atoms with E-state index in [1.54, 1.807) is 12.1 Å². The Morgan fingerprint density at radius 1 is 0.950 bits per heavy atom. The van der Waals surface area contributed by atoms with Crippen molar-refractivity contribution in [1.82, 2.24) is 5.32 Å². The number of hydrogen-bond donors (Lipinski definition) is 1.